The summed E-state index contributed by atoms with van der Waals surface area (Å²) in [7, 11) is -1.96. The van der Waals surface area contributed by atoms with Crippen molar-refractivity contribution in [2.24, 2.45) is 10.8 Å². The molecule has 2 rings (SSSR count). The molecule has 0 aromatic carbocycles. The van der Waals surface area contributed by atoms with Crippen molar-refractivity contribution in [3.8, 4) is 0 Å². The summed E-state index contributed by atoms with van der Waals surface area (Å²) in [5, 5.41) is 10.2. The fraction of sp³-hybridized carbons (Fsp3) is 0.889. The predicted octanol–water partition coefficient (Wildman–Crippen LogP) is 2.85. The summed E-state index contributed by atoms with van der Waals surface area (Å²) in [6.07, 6.45) is 2.95. The number of imide groups is 1. The molecule has 0 saturated carbocycles. The Morgan fingerprint density at radius 3 is 1.72 bits per heavy atom. The lowest BCUT2D eigenvalue weighted by molar-refractivity contribution is -0.126. The van der Waals surface area contributed by atoms with Gasteiger partial charge in [0.2, 0.25) is 5.91 Å². The minimum absolute atomic E-state index is 0.127. The molecule has 2 heterocycles. The molecule has 0 aromatic heterocycles. The Morgan fingerprint density at radius 1 is 0.769 bits per heavy atom. The van der Waals surface area contributed by atoms with E-state index in [9.17, 15) is 27.9 Å². The van der Waals surface area contributed by atoms with Gasteiger partial charge in [0.15, 0.2) is 0 Å². The number of hydrogen-bond acceptors (Lipinski definition) is 6. The van der Waals surface area contributed by atoms with Crippen LogP contribution in [0.15, 0.2) is 0 Å². The standard InChI is InChI=1S/C27H50N4O6S2/c1-7-28-18-22(32)30(24(28)34)20-26(3,4)12-9-14-38(36)16-11-17-39(37)15-10-13-27(5,6)21-31-23(33)19-29(8-2)25(31)35/h22,32H,7-21H2,1-6H3. The number of carbonyl (C=O) groups excluding carboxylic acids is 3. The van der Waals surface area contributed by atoms with Crippen LogP contribution in [0, 0.1) is 10.8 Å². The molecule has 5 amide bonds. The van der Waals surface area contributed by atoms with E-state index in [2.05, 4.69) is 13.8 Å². The van der Waals surface area contributed by atoms with Gasteiger partial charge in [-0.15, -0.1) is 0 Å². The first-order chi connectivity index (χ1) is 18.2. The van der Waals surface area contributed by atoms with E-state index in [0.29, 0.717) is 62.2 Å². The molecule has 0 aliphatic carbocycles. The van der Waals surface area contributed by atoms with Crippen molar-refractivity contribution in [1.29, 1.82) is 0 Å². The summed E-state index contributed by atoms with van der Waals surface area (Å²) in [5.74, 6) is 2.03. The van der Waals surface area contributed by atoms with Gasteiger partial charge in [0.1, 0.15) is 12.8 Å². The molecule has 2 aliphatic rings. The minimum Gasteiger partial charge on any atom is -0.372 e. The summed E-state index contributed by atoms with van der Waals surface area (Å²) in [6, 6.07) is -0.349. The maximum atomic E-state index is 12.5. The quantitative estimate of drug-likeness (QED) is 0.245. The van der Waals surface area contributed by atoms with Gasteiger partial charge in [-0.1, -0.05) is 27.7 Å². The Kier molecular flexibility index (Phi) is 12.9. The fourth-order valence-electron chi connectivity index (χ4n) is 5.17. The van der Waals surface area contributed by atoms with Gasteiger partial charge in [-0.25, -0.2) is 9.59 Å². The minimum atomic E-state index is -0.985. The van der Waals surface area contributed by atoms with E-state index in [1.54, 1.807) is 9.80 Å². The van der Waals surface area contributed by atoms with Crippen molar-refractivity contribution in [3.05, 3.63) is 0 Å². The number of likely N-dealkylation sites (N-methyl/N-ethyl adjacent to an activating group) is 2. The summed E-state index contributed by atoms with van der Waals surface area (Å²) in [4.78, 5) is 43.0. The number of aliphatic hydroxyl groups is 1. The average Bonchev–Trinajstić information content (AvgIpc) is 3.27. The molecule has 3 atom stereocenters. The van der Waals surface area contributed by atoms with Crippen LogP contribution in [0.4, 0.5) is 9.59 Å². The predicted molar refractivity (Wildman–Crippen MR) is 156 cm³/mol. The van der Waals surface area contributed by atoms with Crippen molar-refractivity contribution in [2.45, 2.75) is 79.9 Å². The molecule has 226 valence electrons. The zero-order chi connectivity index (χ0) is 29.4. The number of hydrogen-bond donors (Lipinski definition) is 1. The van der Waals surface area contributed by atoms with Crippen molar-refractivity contribution < 1.29 is 27.9 Å². The summed E-state index contributed by atoms with van der Waals surface area (Å²) >= 11 is 0. The van der Waals surface area contributed by atoms with Gasteiger partial charge in [0.25, 0.3) is 0 Å². The smallest absolute Gasteiger partial charge is 0.327 e. The molecule has 2 aliphatic heterocycles. The highest BCUT2D eigenvalue weighted by atomic mass is 32.2. The van der Waals surface area contributed by atoms with Gasteiger partial charge in [-0.05, 0) is 56.8 Å². The Morgan fingerprint density at radius 2 is 1.26 bits per heavy atom. The van der Waals surface area contributed by atoms with Crippen LogP contribution in [0.2, 0.25) is 0 Å². The molecule has 1 N–H and O–H groups in total. The topological polar surface area (TPSA) is 119 Å². The van der Waals surface area contributed by atoms with Crippen LogP contribution in [-0.4, -0.2) is 120 Å². The molecule has 0 bridgehead atoms. The van der Waals surface area contributed by atoms with Crippen LogP contribution in [0.3, 0.4) is 0 Å². The second-order valence-electron chi connectivity index (χ2n) is 12.3. The second-order valence-corrected chi connectivity index (χ2v) is 15.7. The molecule has 2 fully saturated rings. The molecular formula is C27H50N4O6S2. The van der Waals surface area contributed by atoms with Crippen LogP contribution in [-0.2, 0) is 26.4 Å². The molecular weight excluding hydrogens is 540 g/mol. The van der Waals surface area contributed by atoms with Gasteiger partial charge in [-0.2, -0.15) is 0 Å². The highest BCUT2D eigenvalue weighted by molar-refractivity contribution is 7.85. The molecule has 12 heteroatoms. The first kappa shape index (κ1) is 33.7. The lowest BCUT2D eigenvalue weighted by Gasteiger charge is -2.31. The van der Waals surface area contributed by atoms with Gasteiger partial charge in [0, 0.05) is 70.8 Å². The maximum absolute atomic E-state index is 12.5. The highest BCUT2D eigenvalue weighted by Gasteiger charge is 2.39. The van der Waals surface area contributed by atoms with Crippen molar-refractivity contribution in [1.82, 2.24) is 19.6 Å². The largest absolute Gasteiger partial charge is 0.372 e. The molecule has 0 spiro atoms. The van der Waals surface area contributed by atoms with Gasteiger partial charge in [0.05, 0.1) is 6.54 Å². The van der Waals surface area contributed by atoms with E-state index >= 15 is 0 Å². The summed E-state index contributed by atoms with van der Waals surface area (Å²) in [6.45, 7) is 14.4. The first-order valence-corrected chi connectivity index (χ1v) is 17.2. The lowest BCUT2D eigenvalue weighted by atomic mass is 9.87. The molecule has 10 nitrogen and oxygen atoms in total. The third-order valence-corrected chi connectivity index (χ3v) is 10.5. The number of rotatable bonds is 18. The summed E-state index contributed by atoms with van der Waals surface area (Å²) < 4.78 is 25.0. The first-order valence-electron chi connectivity index (χ1n) is 14.2. The molecule has 2 saturated heterocycles. The van der Waals surface area contributed by atoms with Crippen LogP contribution < -0.4 is 0 Å². The van der Waals surface area contributed by atoms with E-state index in [1.165, 1.54) is 9.80 Å². The molecule has 0 radical (unpaired) electrons. The van der Waals surface area contributed by atoms with Crippen LogP contribution >= 0.6 is 0 Å². The van der Waals surface area contributed by atoms with Gasteiger partial charge in [-0.3, -0.25) is 23.0 Å². The second kappa shape index (κ2) is 14.9. The Labute approximate surface area is 239 Å². The fourth-order valence-corrected chi connectivity index (χ4v) is 7.63. The van der Waals surface area contributed by atoms with E-state index in [-0.39, 0.29) is 35.3 Å². The molecule has 3 unspecified atom stereocenters. The van der Waals surface area contributed by atoms with E-state index < -0.39 is 27.8 Å². The normalized spacial score (nSPS) is 20.5. The third-order valence-electron chi connectivity index (χ3n) is 7.53. The Hall–Kier alpha value is -1.53. The maximum Gasteiger partial charge on any atom is 0.327 e. The third kappa shape index (κ3) is 10.4. The van der Waals surface area contributed by atoms with E-state index in [4.69, 9.17) is 0 Å². The van der Waals surface area contributed by atoms with Gasteiger partial charge >= 0.3 is 12.1 Å². The number of urea groups is 2. The molecule has 39 heavy (non-hydrogen) atoms. The summed E-state index contributed by atoms with van der Waals surface area (Å²) in [5.41, 5.74) is -0.436. The Balaban J connectivity index is 1.60. The monoisotopic (exact) mass is 590 g/mol. The number of carbonyl (C=O) groups is 3. The van der Waals surface area contributed by atoms with Crippen LogP contribution in [0.1, 0.15) is 73.6 Å². The number of aliphatic hydroxyl groups excluding tert-OH is 1. The van der Waals surface area contributed by atoms with E-state index in [0.717, 1.165) is 25.7 Å². The number of amides is 5. The zero-order valence-corrected chi connectivity index (χ0v) is 26.4. The zero-order valence-electron chi connectivity index (χ0n) is 24.8. The lowest BCUT2D eigenvalue weighted by Crippen LogP contribution is -2.41. The highest BCUT2D eigenvalue weighted by Crippen LogP contribution is 2.28. The SMILES string of the molecule is CCN1CC(=O)N(CC(C)(C)CCCS(=O)CCCS(=O)CCCC(C)(C)CN2C(=O)N(CC)CC2O)C1=O. The van der Waals surface area contributed by atoms with Crippen LogP contribution in [0.5, 0.6) is 0 Å². The van der Waals surface area contributed by atoms with E-state index in [1.807, 2.05) is 27.7 Å². The van der Waals surface area contributed by atoms with Crippen LogP contribution in [0.25, 0.3) is 0 Å². The number of β-amino-alcohol motifs (C(OH)–C–C–N with tert-alkyl or cyclic N) is 1. The van der Waals surface area contributed by atoms with Crippen molar-refractivity contribution in [3.63, 3.8) is 0 Å². The number of nitrogens with zero attached hydrogens (tertiary/aromatic N) is 4. The van der Waals surface area contributed by atoms with Crippen molar-refractivity contribution in [2.75, 3.05) is 62.3 Å². The molecule has 0 aromatic rings. The van der Waals surface area contributed by atoms with Gasteiger partial charge < -0.3 is 14.9 Å². The average molecular weight is 591 g/mol. The Bertz CT molecular complexity index is 913. The van der Waals surface area contributed by atoms with Crippen molar-refractivity contribution >= 4 is 39.6 Å².